The fourth-order valence-electron chi connectivity index (χ4n) is 2.56. The third kappa shape index (κ3) is 3.17. The van der Waals surface area contributed by atoms with Crippen molar-refractivity contribution in [1.29, 1.82) is 0 Å². The van der Waals surface area contributed by atoms with Crippen LogP contribution in [0.25, 0.3) is 0 Å². The topological polar surface area (TPSA) is 36.9 Å². The van der Waals surface area contributed by atoms with E-state index in [1.807, 2.05) is 61.5 Å². The minimum Gasteiger partial charge on any atom is -0.399 e. The Kier molecular flexibility index (Phi) is 4.77. The lowest BCUT2D eigenvalue weighted by molar-refractivity contribution is 0.00578. The van der Waals surface area contributed by atoms with E-state index >= 15 is 0 Å². The zero-order chi connectivity index (χ0) is 18.6. The molecule has 0 amide bonds. The van der Waals surface area contributed by atoms with E-state index in [0.29, 0.717) is 5.47 Å². The molecule has 2 aliphatic rings. The molecular weight excluding hydrogens is 302 g/mol. The van der Waals surface area contributed by atoms with Crippen molar-refractivity contribution < 1.29 is 18.6 Å². The van der Waals surface area contributed by atoms with Crippen molar-refractivity contribution in [2.24, 2.45) is 0 Å². The predicted molar refractivity (Wildman–Crippen MR) is 99.6 cm³/mol. The minimum absolute atomic E-state index is 0.421. The van der Waals surface area contributed by atoms with Crippen molar-refractivity contribution >= 4 is 14.2 Å². The molecule has 2 heterocycles. The zero-order valence-corrected chi connectivity index (χ0v) is 16.4. The van der Waals surface area contributed by atoms with Crippen molar-refractivity contribution in [1.82, 2.24) is 0 Å². The monoisotopic (exact) mass is 332 g/mol. The van der Waals surface area contributed by atoms with Gasteiger partial charge in [0.25, 0.3) is 0 Å². The lowest BCUT2D eigenvalue weighted by Crippen LogP contribution is -2.41. The molecule has 0 aliphatic carbocycles. The average molecular weight is 332 g/mol. The van der Waals surface area contributed by atoms with E-state index in [0.717, 1.165) is 5.47 Å². The molecule has 0 aromatic carbocycles. The Labute approximate surface area is 147 Å². The lowest BCUT2D eigenvalue weighted by Gasteiger charge is -2.32. The Morgan fingerprint density at radius 3 is 1.38 bits per heavy atom. The smallest absolute Gasteiger partial charge is 0.399 e. The Hall–Kier alpha value is -0.810. The van der Waals surface area contributed by atoms with Gasteiger partial charge in [0.05, 0.1) is 22.4 Å². The highest BCUT2D eigenvalue weighted by Gasteiger charge is 2.56. The molecule has 0 unspecified atom stereocenters. The normalized spacial score (nSPS) is 27.4. The first-order chi connectivity index (χ1) is 10.7. The van der Waals surface area contributed by atoms with E-state index in [-0.39, 0.29) is 0 Å². The maximum absolute atomic E-state index is 6.15. The number of hydrogen-bond acceptors (Lipinski definition) is 4. The van der Waals surface area contributed by atoms with Gasteiger partial charge in [-0.05, 0) is 66.3 Å². The molecule has 0 bridgehead atoms. The van der Waals surface area contributed by atoms with Crippen LogP contribution >= 0.6 is 0 Å². The fraction of sp³-hybridized carbons (Fsp3) is 0.667. The third-order valence-corrected chi connectivity index (χ3v) is 5.71. The van der Waals surface area contributed by atoms with Crippen LogP contribution in [0.5, 0.6) is 0 Å². The van der Waals surface area contributed by atoms with E-state index in [1.165, 1.54) is 0 Å². The molecular formula is C18H30B2O4. The van der Waals surface area contributed by atoms with Crippen LogP contribution in [-0.2, 0) is 18.6 Å². The molecule has 6 heteroatoms. The summed E-state index contributed by atoms with van der Waals surface area (Å²) in [5, 5.41) is 0. The molecule has 0 spiro atoms. The lowest BCUT2D eigenvalue weighted by atomic mass is 9.62. The number of hydrogen-bond donors (Lipinski definition) is 0. The van der Waals surface area contributed by atoms with Gasteiger partial charge in [0.2, 0.25) is 0 Å². The van der Waals surface area contributed by atoms with Gasteiger partial charge in [-0.2, -0.15) is 0 Å². The van der Waals surface area contributed by atoms with Gasteiger partial charge in [0, 0.05) is 0 Å². The van der Waals surface area contributed by atoms with E-state index in [1.54, 1.807) is 6.08 Å². The molecule has 2 aliphatic heterocycles. The number of allylic oxidation sites excluding steroid dienone is 4. The molecule has 2 fully saturated rings. The Morgan fingerprint density at radius 1 is 0.708 bits per heavy atom. The molecule has 132 valence electrons. The van der Waals surface area contributed by atoms with E-state index in [4.69, 9.17) is 18.6 Å². The summed E-state index contributed by atoms with van der Waals surface area (Å²) in [5.74, 6) is 0. The molecule has 0 aromatic rings. The average Bonchev–Trinajstić information content (AvgIpc) is 2.75. The van der Waals surface area contributed by atoms with Crippen LogP contribution in [-0.4, -0.2) is 36.6 Å². The summed E-state index contributed by atoms with van der Waals surface area (Å²) in [7, 11) is -1.07. The fourth-order valence-corrected chi connectivity index (χ4v) is 2.56. The first-order valence-corrected chi connectivity index (χ1v) is 8.47. The maximum atomic E-state index is 6.15. The molecule has 0 radical (unpaired) electrons. The van der Waals surface area contributed by atoms with Crippen LogP contribution in [0.3, 0.4) is 0 Å². The predicted octanol–water partition coefficient (Wildman–Crippen LogP) is 3.92. The summed E-state index contributed by atoms with van der Waals surface area (Å²) in [6.45, 7) is 24.2. The second-order valence-corrected chi connectivity index (χ2v) is 8.56. The highest BCUT2D eigenvalue weighted by atomic mass is 16.7. The van der Waals surface area contributed by atoms with Crippen molar-refractivity contribution in [3.8, 4) is 0 Å². The van der Waals surface area contributed by atoms with E-state index in [9.17, 15) is 0 Å². The molecule has 4 nitrogen and oxygen atoms in total. The zero-order valence-electron chi connectivity index (χ0n) is 16.4. The van der Waals surface area contributed by atoms with E-state index < -0.39 is 36.6 Å². The molecule has 0 saturated carbocycles. The summed E-state index contributed by atoms with van der Waals surface area (Å²) in [6, 6.07) is 0. The standard InChI is InChI=1S/C18H30B2O4/c1-11-12-14(20-23-17(7,8)18(9,10)24-20)13(2)19-21-15(3,4)16(5,6)22-19/h11-12H,1-2H2,3-10H3/b14-12-. The van der Waals surface area contributed by atoms with Gasteiger partial charge in [0.15, 0.2) is 0 Å². The summed E-state index contributed by atoms with van der Waals surface area (Å²) in [6.07, 6.45) is 3.56. The highest BCUT2D eigenvalue weighted by molar-refractivity contribution is 6.66. The second kappa shape index (κ2) is 5.87. The number of rotatable bonds is 4. The summed E-state index contributed by atoms with van der Waals surface area (Å²) < 4.78 is 24.5. The minimum atomic E-state index is -0.541. The first-order valence-electron chi connectivity index (χ1n) is 8.47. The van der Waals surface area contributed by atoms with Crippen LogP contribution in [0.4, 0.5) is 0 Å². The van der Waals surface area contributed by atoms with Gasteiger partial charge in [-0.1, -0.05) is 25.3 Å². The van der Waals surface area contributed by atoms with Gasteiger partial charge >= 0.3 is 14.2 Å². The Morgan fingerprint density at radius 2 is 1.04 bits per heavy atom. The van der Waals surface area contributed by atoms with Crippen molar-refractivity contribution in [3.05, 3.63) is 36.3 Å². The summed E-state index contributed by atoms with van der Waals surface area (Å²) in [4.78, 5) is 0. The largest absolute Gasteiger partial charge is 0.494 e. The molecule has 2 saturated heterocycles. The maximum Gasteiger partial charge on any atom is 0.494 e. The molecule has 2 rings (SSSR count). The van der Waals surface area contributed by atoms with Gasteiger partial charge in [-0.3, -0.25) is 0 Å². The van der Waals surface area contributed by atoms with Crippen molar-refractivity contribution in [3.63, 3.8) is 0 Å². The van der Waals surface area contributed by atoms with Crippen LogP contribution < -0.4 is 0 Å². The Bertz CT molecular complexity index is 544. The van der Waals surface area contributed by atoms with Crippen LogP contribution in [0.2, 0.25) is 0 Å². The molecule has 0 atom stereocenters. The van der Waals surface area contributed by atoms with Crippen molar-refractivity contribution in [2.45, 2.75) is 77.8 Å². The highest BCUT2D eigenvalue weighted by Crippen LogP contribution is 2.43. The van der Waals surface area contributed by atoms with Crippen molar-refractivity contribution in [2.75, 3.05) is 0 Å². The van der Waals surface area contributed by atoms with Crippen LogP contribution in [0.1, 0.15) is 55.4 Å². The molecule has 0 aromatic heterocycles. The van der Waals surface area contributed by atoms with Gasteiger partial charge < -0.3 is 18.6 Å². The SMILES string of the molecule is C=C/C=C(\B1OC(C)(C)C(C)(C)O1)C(=C)B1OC(C)(C)C(C)(C)O1. The first kappa shape index (κ1) is 19.5. The Balaban J connectivity index is 2.26. The van der Waals surface area contributed by atoms with Crippen LogP contribution in [0.15, 0.2) is 36.3 Å². The van der Waals surface area contributed by atoms with Crippen LogP contribution in [0, 0.1) is 0 Å². The summed E-state index contributed by atoms with van der Waals surface area (Å²) >= 11 is 0. The third-order valence-electron chi connectivity index (χ3n) is 5.71. The molecule has 24 heavy (non-hydrogen) atoms. The van der Waals surface area contributed by atoms with Gasteiger partial charge in [0.1, 0.15) is 0 Å². The summed E-state index contributed by atoms with van der Waals surface area (Å²) in [5.41, 5.74) is -0.192. The van der Waals surface area contributed by atoms with Gasteiger partial charge in [-0.15, -0.1) is 0 Å². The van der Waals surface area contributed by atoms with Gasteiger partial charge in [-0.25, -0.2) is 0 Å². The van der Waals surface area contributed by atoms with E-state index in [2.05, 4.69) is 13.2 Å². The second-order valence-electron chi connectivity index (χ2n) is 8.56. The quantitative estimate of drug-likeness (QED) is 0.578. The molecule has 0 N–H and O–H groups in total.